The molecule has 2 aliphatic rings. The predicted octanol–water partition coefficient (Wildman–Crippen LogP) is 2.23. The minimum absolute atomic E-state index is 0.00710. The number of fused-ring (bicyclic) bond motifs is 1. The Labute approximate surface area is 175 Å². The minimum atomic E-state index is -0.225. The zero-order valence-electron chi connectivity index (χ0n) is 17.4. The third-order valence-electron chi connectivity index (χ3n) is 5.71. The van der Waals surface area contributed by atoms with Crippen LogP contribution in [0.4, 0.5) is 10.5 Å². The van der Waals surface area contributed by atoms with Crippen molar-refractivity contribution in [1.82, 2.24) is 19.6 Å². The highest BCUT2D eigenvalue weighted by molar-refractivity contribution is 5.96. The van der Waals surface area contributed by atoms with E-state index in [9.17, 15) is 9.59 Å². The number of para-hydroxylation sites is 1. The summed E-state index contributed by atoms with van der Waals surface area (Å²) in [5.41, 5.74) is 2.29. The number of carbonyl (C=O) groups is 2. The van der Waals surface area contributed by atoms with Gasteiger partial charge < -0.3 is 24.6 Å². The first-order valence-corrected chi connectivity index (χ1v) is 10.2. The molecule has 1 N–H and O–H groups in total. The number of urea groups is 1. The number of benzene rings is 1. The molecule has 0 bridgehead atoms. The van der Waals surface area contributed by atoms with Crippen LogP contribution in [0.2, 0.25) is 0 Å². The lowest BCUT2D eigenvalue weighted by molar-refractivity contribution is 0.0670. The number of aromatic nitrogens is 2. The summed E-state index contributed by atoms with van der Waals surface area (Å²) in [6.07, 6.45) is 4.78. The number of ether oxygens (including phenoxy) is 2. The number of rotatable bonds is 4. The van der Waals surface area contributed by atoms with Crippen LogP contribution in [0, 0.1) is 0 Å². The van der Waals surface area contributed by atoms with Crippen LogP contribution in [0.3, 0.4) is 0 Å². The molecule has 9 heteroatoms. The molecule has 1 saturated heterocycles. The lowest BCUT2D eigenvalue weighted by Crippen LogP contribution is -2.51. The van der Waals surface area contributed by atoms with E-state index in [0.29, 0.717) is 48.9 Å². The van der Waals surface area contributed by atoms with Gasteiger partial charge in [0.25, 0.3) is 5.91 Å². The molecule has 0 unspecified atom stereocenters. The van der Waals surface area contributed by atoms with Crippen LogP contribution < -0.4 is 14.8 Å². The second kappa shape index (κ2) is 8.64. The van der Waals surface area contributed by atoms with Gasteiger partial charge in [-0.1, -0.05) is 6.07 Å². The van der Waals surface area contributed by atoms with Crippen molar-refractivity contribution in [1.29, 1.82) is 0 Å². The summed E-state index contributed by atoms with van der Waals surface area (Å²) < 4.78 is 12.6. The number of hydrogen-bond donors (Lipinski definition) is 1. The Morgan fingerprint density at radius 2 is 1.77 bits per heavy atom. The molecule has 0 atom stereocenters. The second-order valence-electron chi connectivity index (χ2n) is 7.44. The van der Waals surface area contributed by atoms with Crippen molar-refractivity contribution in [3.8, 4) is 11.5 Å². The molecule has 1 fully saturated rings. The first-order valence-electron chi connectivity index (χ1n) is 10.2. The molecule has 30 heavy (non-hydrogen) atoms. The zero-order chi connectivity index (χ0) is 21.1. The highest BCUT2D eigenvalue weighted by Crippen LogP contribution is 2.34. The van der Waals surface area contributed by atoms with E-state index in [1.165, 1.54) is 7.11 Å². The van der Waals surface area contributed by atoms with Gasteiger partial charge in [-0.15, -0.1) is 0 Å². The summed E-state index contributed by atoms with van der Waals surface area (Å²) in [6, 6.07) is 5.10. The Kier molecular flexibility index (Phi) is 5.78. The van der Waals surface area contributed by atoms with Gasteiger partial charge in [0, 0.05) is 32.7 Å². The summed E-state index contributed by atoms with van der Waals surface area (Å²) in [6.45, 7) is 2.79. The first kappa shape index (κ1) is 20.1. The van der Waals surface area contributed by atoms with Crippen LogP contribution in [-0.2, 0) is 13.0 Å². The molecule has 1 aromatic carbocycles. The third kappa shape index (κ3) is 3.79. The molecule has 9 nitrogen and oxygen atoms in total. The van der Waals surface area contributed by atoms with E-state index >= 15 is 0 Å². The molecule has 0 aliphatic carbocycles. The van der Waals surface area contributed by atoms with Crippen LogP contribution in [0.25, 0.3) is 0 Å². The maximum Gasteiger partial charge on any atom is 0.322 e. The van der Waals surface area contributed by atoms with E-state index in [2.05, 4.69) is 10.4 Å². The van der Waals surface area contributed by atoms with Crippen LogP contribution >= 0.6 is 0 Å². The molecule has 2 aliphatic heterocycles. The number of anilines is 1. The van der Waals surface area contributed by atoms with Crippen molar-refractivity contribution < 1.29 is 19.1 Å². The van der Waals surface area contributed by atoms with Crippen LogP contribution in [0.5, 0.6) is 11.5 Å². The van der Waals surface area contributed by atoms with Gasteiger partial charge in [-0.25, -0.2) is 4.79 Å². The highest BCUT2D eigenvalue weighted by Gasteiger charge is 2.28. The van der Waals surface area contributed by atoms with E-state index in [4.69, 9.17) is 9.47 Å². The Morgan fingerprint density at radius 3 is 2.50 bits per heavy atom. The average molecular weight is 413 g/mol. The number of carbonyl (C=O) groups excluding carboxylic acids is 2. The molecule has 3 heterocycles. The van der Waals surface area contributed by atoms with Crippen molar-refractivity contribution in [2.45, 2.75) is 25.8 Å². The standard InChI is InChI=1S/C21H27N5O4/c1-29-18-8-5-6-16(19(18)30-2)23-21(28)25-12-10-24(11-13-25)20(27)15-14-22-26-9-4-3-7-17(15)26/h5-6,8,14H,3-4,7,9-13H2,1-2H3,(H,23,28). The predicted molar refractivity (Wildman–Crippen MR) is 111 cm³/mol. The van der Waals surface area contributed by atoms with Crippen molar-refractivity contribution in [2.24, 2.45) is 0 Å². The summed E-state index contributed by atoms with van der Waals surface area (Å²) in [4.78, 5) is 29.2. The quantitative estimate of drug-likeness (QED) is 0.830. The molecule has 0 spiro atoms. The Bertz CT molecular complexity index is 933. The Morgan fingerprint density at radius 1 is 1.00 bits per heavy atom. The van der Waals surface area contributed by atoms with Gasteiger partial charge in [0.05, 0.1) is 37.4 Å². The number of hydrogen-bond acceptors (Lipinski definition) is 5. The minimum Gasteiger partial charge on any atom is -0.493 e. The van der Waals surface area contributed by atoms with Crippen molar-refractivity contribution >= 4 is 17.6 Å². The molecular formula is C21H27N5O4. The van der Waals surface area contributed by atoms with Gasteiger partial charge in [0.2, 0.25) is 0 Å². The van der Waals surface area contributed by atoms with Crippen LogP contribution in [0.15, 0.2) is 24.4 Å². The fourth-order valence-corrected chi connectivity index (χ4v) is 4.06. The summed E-state index contributed by atoms with van der Waals surface area (Å²) in [7, 11) is 3.09. The smallest absolute Gasteiger partial charge is 0.322 e. The van der Waals surface area contributed by atoms with Crippen LogP contribution in [-0.4, -0.2) is 71.9 Å². The van der Waals surface area contributed by atoms with Gasteiger partial charge in [0.1, 0.15) is 0 Å². The van der Waals surface area contributed by atoms with Crippen molar-refractivity contribution in [2.75, 3.05) is 45.7 Å². The van der Waals surface area contributed by atoms with Crippen molar-refractivity contribution in [3.05, 3.63) is 35.7 Å². The summed E-state index contributed by atoms with van der Waals surface area (Å²) >= 11 is 0. The number of nitrogens with one attached hydrogen (secondary N) is 1. The number of piperazine rings is 1. The monoisotopic (exact) mass is 413 g/mol. The largest absolute Gasteiger partial charge is 0.493 e. The lowest BCUT2D eigenvalue weighted by Gasteiger charge is -2.35. The molecular weight excluding hydrogens is 386 g/mol. The molecule has 4 rings (SSSR count). The lowest BCUT2D eigenvalue weighted by atomic mass is 10.1. The van der Waals surface area contributed by atoms with E-state index in [0.717, 1.165) is 31.5 Å². The van der Waals surface area contributed by atoms with Gasteiger partial charge in [-0.3, -0.25) is 9.48 Å². The zero-order valence-corrected chi connectivity index (χ0v) is 17.4. The van der Waals surface area contributed by atoms with Crippen molar-refractivity contribution in [3.63, 3.8) is 0 Å². The Hall–Kier alpha value is -3.23. The second-order valence-corrected chi connectivity index (χ2v) is 7.44. The molecule has 160 valence electrons. The normalized spacial score (nSPS) is 16.1. The Balaban J connectivity index is 1.37. The van der Waals surface area contributed by atoms with E-state index in [-0.39, 0.29) is 11.9 Å². The average Bonchev–Trinajstić information content (AvgIpc) is 3.22. The summed E-state index contributed by atoms with van der Waals surface area (Å²) in [5, 5.41) is 7.25. The van der Waals surface area contributed by atoms with Gasteiger partial charge in [-0.05, 0) is 31.4 Å². The van der Waals surface area contributed by atoms with Gasteiger partial charge >= 0.3 is 6.03 Å². The highest BCUT2D eigenvalue weighted by atomic mass is 16.5. The molecule has 2 aromatic rings. The van der Waals surface area contributed by atoms with E-state index < -0.39 is 0 Å². The summed E-state index contributed by atoms with van der Waals surface area (Å²) in [5.74, 6) is 1.04. The third-order valence-corrected chi connectivity index (χ3v) is 5.71. The van der Waals surface area contributed by atoms with Crippen LogP contribution in [0.1, 0.15) is 28.9 Å². The van der Waals surface area contributed by atoms with Gasteiger partial charge in [-0.2, -0.15) is 5.10 Å². The topological polar surface area (TPSA) is 88.9 Å². The molecule has 0 radical (unpaired) electrons. The first-order chi connectivity index (χ1) is 14.6. The number of aryl methyl sites for hydroxylation is 1. The molecule has 3 amide bonds. The fourth-order valence-electron chi connectivity index (χ4n) is 4.06. The van der Waals surface area contributed by atoms with Gasteiger partial charge in [0.15, 0.2) is 11.5 Å². The maximum atomic E-state index is 13.0. The number of amides is 3. The molecule has 0 saturated carbocycles. The molecule has 1 aromatic heterocycles. The number of nitrogens with zero attached hydrogens (tertiary/aromatic N) is 4. The number of methoxy groups -OCH3 is 2. The SMILES string of the molecule is COc1cccc(NC(=O)N2CCN(C(=O)c3cnn4c3CCCC4)CC2)c1OC. The maximum absolute atomic E-state index is 13.0. The van der Waals surface area contributed by atoms with E-state index in [1.807, 2.05) is 9.58 Å². The fraction of sp³-hybridized carbons (Fsp3) is 0.476. The van der Waals surface area contributed by atoms with E-state index in [1.54, 1.807) is 36.4 Å².